The standard InChI is InChI=1S/C38H38O10/c1-3-36(39)44-23-7-5-21-42-31-13-9-28(10-14-31)38(41)48-35-16-12-29-25-34(15-11-30(29)26-35)47-27-46-33-19-17-32(18-20-33)43-22-6-8-24-45-37(40)4-2/h3,9-20,25-26,40H,1-2,5-8,21-24,27H2. The lowest BCUT2D eigenvalue weighted by atomic mass is 10.1. The normalized spacial score (nSPS) is 10.3. The SMILES string of the molecule is C=C=C(O)OCCCCOc1ccc(OCOc2ccc3cc(OC(=O)c4ccc(OCCCCOC(=O)C=C)cc4)ccc3c2)cc1. The van der Waals surface area contributed by atoms with Crippen LogP contribution in [0.1, 0.15) is 36.0 Å². The van der Waals surface area contributed by atoms with E-state index in [1.54, 1.807) is 48.5 Å². The van der Waals surface area contributed by atoms with Gasteiger partial charge in [0.25, 0.3) is 0 Å². The summed E-state index contributed by atoms with van der Waals surface area (Å²) in [5.74, 6) is 1.82. The molecule has 0 aromatic heterocycles. The van der Waals surface area contributed by atoms with Crippen LogP contribution in [0.3, 0.4) is 0 Å². The molecule has 10 nitrogen and oxygen atoms in total. The fraction of sp³-hybridized carbons (Fsp3) is 0.237. The summed E-state index contributed by atoms with van der Waals surface area (Å²) in [7, 11) is 0. The van der Waals surface area contributed by atoms with Gasteiger partial charge in [0, 0.05) is 6.08 Å². The van der Waals surface area contributed by atoms with Crippen molar-refractivity contribution < 1.29 is 47.9 Å². The zero-order valence-electron chi connectivity index (χ0n) is 26.6. The molecule has 0 saturated carbocycles. The monoisotopic (exact) mass is 654 g/mol. The average molecular weight is 655 g/mol. The number of esters is 2. The molecule has 4 rings (SSSR count). The van der Waals surface area contributed by atoms with Crippen LogP contribution in [0.4, 0.5) is 0 Å². The summed E-state index contributed by atoms with van der Waals surface area (Å²) in [4.78, 5) is 23.8. The van der Waals surface area contributed by atoms with Crippen LogP contribution in [-0.2, 0) is 14.3 Å². The third kappa shape index (κ3) is 11.8. The topological polar surface area (TPSA) is 119 Å². The predicted octanol–water partition coefficient (Wildman–Crippen LogP) is 7.72. The second-order valence-corrected chi connectivity index (χ2v) is 10.3. The third-order valence-electron chi connectivity index (χ3n) is 6.77. The molecule has 0 fully saturated rings. The number of aliphatic hydroxyl groups excluding tert-OH is 1. The van der Waals surface area contributed by atoms with Crippen LogP contribution < -0.4 is 23.7 Å². The largest absolute Gasteiger partial charge is 0.494 e. The van der Waals surface area contributed by atoms with Gasteiger partial charge in [-0.3, -0.25) is 0 Å². The highest BCUT2D eigenvalue weighted by Gasteiger charge is 2.10. The first kappa shape index (κ1) is 35.0. The summed E-state index contributed by atoms with van der Waals surface area (Å²) in [6.07, 6.45) is 4.01. The van der Waals surface area contributed by atoms with E-state index in [9.17, 15) is 9.59 Å². The molecule has 0 amide bonds. The molecule has 0 unspecified atom stereocenters. The number of unbranched alkanes of at least 4 members (excludes halogenated alkanes) is 2. The average Bonchev–Trinajstić information content (AvgIpc) is 3.11. The summed E-state index contributed by atoms with van der Waals surface area (Å²) in [5, 5.41) is 10.9. The summed E-state index contributed by atoms with van der Waals surface area (Å²) >= 11 is 0. The molecule has 0 aliphatic carbocycles. The number of benzene rings is 4. The first-order valence-corrected chi connectivity index (χ1v) is 15.4. The minimum Gasteiger partial charge on any atom is -0.494 e. The van der Waals surface area contributed by atoms with Crippen molar-refractivity contribution in [3.8, 4) is 28.7 Å². The third-order valence-corrected chi connectivity index (χ3v) is 6.77. The second-order valence-electron chi connectivity index (χ2n) is 10.3. The molecule has 4 aromatic carbocycles. The number of carbonyl (C=O) groups excluding carboxylic acids is 2. The molecule has 0 radical (unpaired) electrons. The van der Waals surface area contributed by atoms with Crippen molar-refractivity contribution in [2.75, 3.05) is 33.2 Å². The Kier molecular flexibility index (Phi) is 13.8. The van der Waals surface area contributed by atoms with E-state index in [1.165, 1.54) is 0 Å². The van der Waals surface area contributed by atoms with E-state index in [2.05, 4.69) is 18.9 Å². The number of fused-ring (bicyclic) bond motifs is 1. The van der Waals surface area contributed by atoms with Crippen LogP contribution >= 0.6 is 0 Å². The lowest BCUT2D eigenvalue weighted by Gasteiger charge is -2.11. The van der Waals surface area contributed by atoms with Crippen molar-refractivity contribution in [2.24, 2.45) is 0 Å². The quantitative estimate of drug-likeness (QED) is 0.0193. The molecule has 0 aliphatic heterocycles. The molecule has 0 atom stereocenters. The van der Waals surface area contributed by atoms with E-state index in [4.69, 9.17) is 38.3 Å². The Morgan fingerprint density at radius 3 is 1.71 bits per heavy atom. The van der Waals surface area contributed by atoms with Crippen molar-refractivity contribution in [2.45, 2.75) is 25.7 Å². The van der Waals surface area contributed by atoms with Gasteiger partial charge in [-0.1, -0.05) is 18.7 Å². The maximum Gasteiger partial charge on any atom is 0.343 e. The second kappa shape index (κ2) is 19.0. The molecule has 0 aliphatic rings. The highest BCUT2D eigenvalue weighted by Crippen LogP contribution is 2.26. The van der Waals surface area contributed by atoms with Crippen LogP contribution in [0.5, 0.6) is 28.7 Å². The molecular weight excluding hydrogens is 616 g/mol. The molecule has 48 heavy (non-hydrogen) atoms. The van der Waals surface area contributed by atoms with Crippen molar-refractivity contribution in [1.82, 2.24) is 0 Å². The number of aliphatic hydroxyl groups is 1. The van der Waals surface area contributed by atoms with Crippen molar-refractivity contribution in [1.29, 1.82) is 0 Å². The Labute approximate surface area is 279 Å². The number of rotatable bonds is 20. The number of ether oxygens (including phenoxy) is 7. The van der Waals surface area contributed by atoms with Gasteiger partial charge in [0.2, 0.25) is 6.79 Å². The van der Waals surface area contributed by atoms with E-state index in [0.29, 0.717) is 67.8 Å². The molecule has 10 heteroatoms. The molecule has 4 aromatic rings. The van der Waals surface area contributed by atoms with Crippen molar-refractivity contribution >= 4 is 22.7 Å². The molecule has 250 valence electrons. The molecule has 0 heterocycles. The van der Waals surface area contributed by atoms with Gasteiger partial charge in [-0.05, 0) is 122 Å². The van der Waals surface area contributed by atoms with E-state index in [0.717, 1.165) is 35.4 Å². The zero-order valence-corrected chi connectivity index (χ0v) is 26.6. The van der Waals surface area contributed by atoms with Crippen LogP contribution in [-0.4, -0.2) is 50.3 Å². The highest BCUT2D eigenvalue weighted by atomic mass is 16.7. The van der Waals surface area contributed by atoms with E-state index >= 15 is 0 Å². The van der Waals surface area contributed by atoms with Gasteiger partial charge in [-0.25, -0.2) is 9.59 Å². The summed E-state index contributed by atoms with van der Waals surface area (Å²) in [6.45, 7) is 8.33. The van der Waals surface area contributed by atoms with Crippen LogP contribution in [0.2, 0.25) is 0 Å². The number of carbonyl (C=O) groups is 2. The first-order valence-electron chi connectivity index (χ1n) is 15.4. The van der Waals surface area contributed by atoms with Crippen molar-refractivity contribution in [3.63, 3.8) is 0 Å². The highest BCUT2D eigenvalue weighted by molar-refractivity contribution is 5.92. The van der Waals surface area contributed by atoms with Gasteiger partial charge >= 0.3 is 17.9 Å². The van der Waals surface area contributed by atoms with Crippen LogP contribution in [0, 0.1) is 0 Å². The molecular formula is C38H38O10. The minimum atomic E-state index is -0.480. The lowest BCUT2D eigenvalue weighted by Crippen LogP contribution is -2.08. The van der Waals surface area contributed by atoms with Crippen LogP contribution in [0.25, 0.3) is 10.8 Å². The number of hydrogen-bond donors (Lipinski definition) is 1. The fourth-order valence-corrected chi connectivity index (χ4v) is 4.25. The Bertz CT molecular complexity index is 1690. The lowest BCUT2D eigenvalue weighted by molar-refractivity contribution is -0.137. The van der Waals surface area contributed by atoms with Gasteiger partial charge < -0.3 is 38.3 Å². The summed E-state index contributed by atoms with van der Waals surface area (Å²) in [6, 6.07) is 24.9. The van der Waals surface area contributed by atoms with E-state index in [1.807, 2.05) is 36.4 Å². The van der Waals surface area contributed by atoms with Crippen LogP contribution in [0.15, 0.2) is 116 Å². The summed E-state index contributed by atoms with van der Waals surface area (Å²) < 4.78 is 38.4. The van der Waals surface area contributed by atoms with E-state index < -0.39 is 11.9 Å². The molecule has 0 saturated heterocycles. The minimum absolute atomic E-state index is 0.0183. The molecule has 1 N–H and O–H groups in total. The predicted molar refractivity (Wildman–Crippen MR) is 180 cm³/mol. The maximum absolute atomic E-state index is 12.7. The van der Waals surface area contributed by atoms with Gasteiger partial charge in [0.15, 0.2) is 0 Å². The van der Waals surface area contributed by atoms with Gasteiger partial charge in [-0.2, -0.15) is 0 Å². The Hall–Kier alpha value is -5.86. The van der Waals surface area contributed by atoms with Gasteiger partial charge in [-0.15, -0.1) is 0 Å². The van der Waals surface area contributed by atoms with E-state index in [-0.39, 0.29) is 12.7 Å². The molecule has 0 bridgehead atoms. The maximum atomic E-state index is 12.7. The smallest absolute Gasteiger partial charge is 0.343 e. The molecule has 0 spiro atoms. The fourth-order valence-electron chi connectivity index (χ4n) is 4.25. The van der Waals surface area contributed by atoms with Crippen molar-refractivity contribution in [3.05, 3.63) is 121 Å². The Morgan fingerprint density at radius 2 is 1.10 bits per heavy atom. The zero-order chi connectivity index (χ0) is 34.0. The Balaban J connectivity index is 1.16. The number of hydrogen-bond acceptors (Lipinski definition) is 10. The Morgan fingerprint density at radius 1 is 0.625 bits per heavy atom. The van der Waals surface area contributed by atoms with Gasteiger partial charge in [0.1, 0.15) is 28.7 Å². The van der Waals surface area contributed by atoms with Gasteiger partial charge in [0.05, 0.1) is 32.0 Å². The first-order chi connectivity index (χ1) is 23.4. The summed E-state index contributed by atoms with van der Waals surface area (Å²) in [5.41, 5.74) is 2.66.